The van der Waals surface area contributed by atoms with Gasteiger partial charge in [0.15, 0.2) is 0 Å². The fourth-order valence-corrected chi connectivity index (χ4v) is 4.18. The third-order valence-corrected chi connectivity index (χ3v) is 4.89. The van der Waals surface area contributed by atoms with E-state index in [0.717, 1.165) is 0 Å². The van der Waals surface area contributed by atoms with E-state index in [9.17, 15) is 13.2 Å². The van der Waals surface area contributed by atoms with E-state index in [1.165, 1.54) is 12.1 Å². The SMILES string of the molecule is CCCOC(=O)CNS(=O)(=O)c1c(Cl)cc(Br)cc1Cl. The Morgan fingerprint density at radius 2 is 1.90 bits per heavy atom. The van der Waals surface area contributed by atoms with Crippen LogP contribution >= 0.6 is 39.1 Å². The summed E-state index contributed by atoms with van der Waals surface area (Å²) in [5.41, 5.74) is 0. The van der Waals surface area contributed by atoms with Crippen LogP contribution in [-0.2, 0) is 19.6 Å². The Kier molecular flexibility index (Phi) is 6.74. The number of hydrogen-bond donors (Lipinski definition) is 1. The Morgan fingerprint density at radius 3 is 2.40 bits per heavy atom. The molecule has 9 heteroatoms. The molecule has 0 aliphatic heterocycles. The third kappa shape index (κ3) is 4.89. The fourth-order valence-electron chi connectivity index (χ4n) is 1.28. The molecule has 0 aromatic heterocycles. The van der Waals surface area contributed by atoms with Crippen molar-refractivity contribution in [3.63, 3.8) is 0 Å². The summed E-state index contributed by atoms with van der Waals surface area (Å²) in [6.07, 6.45) is 0.656. The molecule has 0 amide bonds. The van der Waals surface area contributed by atoms with Crippen LogP contribution in [0.15, 0.2) is 21.5 Å². The van der Waals surface area contributed by atoms with Gasteiger partial charge in [0.2, 0.25) is 10.0 Å². The van der Waals surface area contributed by atoms with Crippen molar-refractivity contribution >= 4 is 55.1 Å². The minimum Gasteiger partial charge on any atom is -0.465 e. The first-order valence-electron chi connectivity index (χ1n) is 5.57. The number of benzene rings is 1. The van der Waals surface area contributed by atoms with Gasteiger partial charge in [-0.15, -0.1) is 0 Å². The number of carbonyl (C=O) groups excluding carboxylic acids is 1. The molecule has 0 saturated carbocycles. The van der Waals surface area contributed by atoms with E-state index in [-0.39, 0.29) is 21.5 Å². The Morgan fingerprint density at radius 1 is 1.35 bits per heavy atom. The lowest BCUT2D eigenvalue weighted by Gasteiger charge is -2.10. The minimum absolute atomic E-state index is 0.0428. The zero-order chi connectivity index (χ0) is 15.3. The highest BCUT2D eigenvalue weighted by Crippen LogP contribution is 2.32. The molecule has 0 aliphatic rings. The molecule has 0 bridgehead atoms. The van der Waals surface area contributed by atoms with Crippen LogP contribution in [0.25, 0.3) is 0 Å². The van der Waals surface area contributed by atoms with E-state index < -0.39 is 22.5 Å². The molecule has 1 aromatic carbocycles. The molecule has 0 radical (unpaired) electrons. The second-order valence-corrected chi connectivity index (χ2v) is 7.18. The van der Waals surface area contributed by atoms with Crippen LogP contribution < -0.4 is 4.72 Å². The van der Waals surface area contributed by atoms with Gasteiger partial charge in [0.25, 0.3) is 0 Å². The van der Waals surface area contributed by atoms with Gasteiger partial charge in [-0.2, -0.15) is 4.72 Å². The molecule has 20 heavy (non-hydrogen) atoms. The Labute approximate surface area is 135 Å². The second kappa shape index (κ2) is 7.61. The number of hydrogen-bond acceptors (Lipinski definition) is 4. The predicted octanol–water partition coefficient (Wildman–Crippen LogP) is 2.99. The maximum atomic E-state index is 12.1. The molecule has 1 aromatic rings. The standard InChI is InChI=1S/C11H12BrCl2NO4S/c1-2-3-19-10(16)6-15-20(17,18)11-8(13)4-7(12)5-9(11)14/h4-5,15H,2-3,6H2,1H3. The zero-order valence-corrected chi connectivity index (χ0v) is 14.4. The van der Waals surface area contributed by atoms with Gasteiger partial charge in [-0.25, -0.2) is 8.42 Å². The van der Waals surface area contributed by atoms with Crippen LogP contribution in [0.5, 0.6) is 0 Å². The normalized spacial score (nSPS) is 11.4. The summed E-state index contributed by atoms with van der Waals surface area (Å²) < 4.78 is 31.5. The first-order chi connectivity index (χ1) is 9.27. The summed E-state index contributed by atoms with van der Waals surface area (Å²) in [5, 5.41) is -0.0856. The third-order valence-electron chi connectivity index (χ3n) is 2.11. The summed E-state index contributed by atoms with van der Waals surface area (Å²) >= 11 is 14.9. The van der Waals surface area contributed by atoms with Crippen molar-refractivity contribution in [3.05, 3.63) is 26.7 Å². The molecule has 5 nitrogen and oxygen atoms in total. The second-order valence-electron chi connectivity index (χ2n) is 3.74. The van der Waals surface area contributed by atoms with Gasteiger partial charge in [-0.1, -0.05) is 46.1 Å². The van der Waals surface area contributed by atoms with E-state index in [1.807, 2.05) is 6.92 Å². The summed E-state index contributed by atoms with van der Waals surface area (Å²) in [7, 11) is -3.99. The highest BCUT2D eigenvalue weighted by atomic mass is 79.9. The van der Waals surface area contributed by atoms with Crippen molar-refractivity contribution < 1.29 is 17.9 Å². The molecule has 0 heterocycles. The summed E-state index contributed by atoms with van der Waals surface area (Å²) in [6.45, 7) is 1.59. The summed E-state index contributed by atoms with van der Waals surface area (Å²) in [5.74, 6) is -0.667. The lowest BCUT2D eigenvalue weighted by molar-refractivity contribution is -0.142. The topological polar surface area (TPSA) is 72.5 Å². The smallest absolute Gasteiger partial charge is 0.321 e. The van der Waals surface area contributed by atoms with Crippen LogP contribution in [0.3, 0.4) is 0 Å². The molecule has 0 atom stereocenters. The van der Waals surface area contributed by atoms with Gasteiger partial charge >= 0.3 is 5.97 Å². The lowest BCUT2D eigenvalue weighted by atomic mass is 10.4. The van der Waals surface area contributed by atoms with E-state index in [4.69, 9.17) is 27.9 Å². The maximum Gasteiger partial charge on any atom is 0.321 e. The zero-order valence-electron chi connectivity index (χ0n) is 10.5. The quantitative estimate of drug-likeness (QED) is 0.739. The van der Waals surface area contributed by atoms with E-state index in [1.54, 1.807) is 0 Å². The first kappa shape index (κ1) is 17.7. The molecular formula is C11H12BrCl2NO4S. The molecule has 0 aliphatic carbocycles. The predicted molar refractivity (Wildman–Crippen MR) is 80.6 cm³/mol. The first-order valence-corrected chi connectivity index (χ1v) is 8.61. The van der Waals surface area contributed by atoms with Gasteiger partial charge in [-0.05, 0) is 18.6 Å². The number of carbonyl (C=O) groups is 1. The summed E-state index contributed by atoms with van der Waals surface area (Å²) in [6, 6.07) is 2.80. The molecule has 1 N–H and O–H groups in total. The maximum absolute atomic E-state index is 12.1. The lowest BCUT2D eigenvalue weighted by Crippen LogP contribution is -2.31. The minimum atomic E-state index is -3.99. The van der Waals surface area contributed by atoms with Gasteiger partial charge < -0.3 is 4.74 Å². The van der Waals surface area contributed by atoms with Crippen LogP contribution in [0.4, 0.5) is 0 Å². The van der Waals surface area contributed by atoms with Gasteiger partial charge in [0.1, 0.15) is 11.4 Å². The number of rotatable bonds is 6. The van der Waals surface area contributed by atoms with Crippen LogP contribution in [0.1, 0.15) is 13.3 Å². The molecule has 0 fully saturated rings. The molecule has 0 saturated heterocycles. The molecule has 1 rings (SSSR count). The molecule has 112 valence electrons. The highest BCUT2D eigenvalue weighted by molar-refractivity contribution is 9.10. The average molecular weight is 405 g/mol. The highest BCUT2D eigenvalue weighted by Gasteiger charge is 2.23. The van der Waals surface area contributed by atoms with Crippen molar-refractivity contribution in [2.24, 2.45) is 0 Å². The Bertz CT molecular complexity index is 583. The number of halogens is 3. The van der Waals surface area contributed by atoms with E-state index in [0.29, 0.717) is 10.9 Å². The van der Waals surface area contributed by atoms with Crippen LogP contribution in [0.2, 0.25) is 10.0 Å². The number of esters is 1. The van der Waals surface area contributed by atoms with Crippen molar-refractivity contribution in [3.8, 4) is 0 Å². The van der Waals surface area contributed by atoms with E-state index in [2.05, 4.69) is 20.7 Å². The van der Waals surface area contributed by atoms with Gasteiger partial charge in [0, 0.05) is 4.47 Å². The Balaban J connectivity index is 2.87. The average Bonchev–Trinajstić information content (AvgIpc) is 2.32. The van der Waals surface area contributed by atoms with Crippen LogP contribution in [-0.4, -0.2) is 27.5 Å². The van der Waals surface area contributed by atoms with E-state index >= 15 is 0 Å². The van der Waals surface area contributed by atoms with Crippen molar-refractivity contribution in [2.45, 2.75) is 18.2 Å². The van der Waals surface area contributed by atoms with Crippen molar-refractivity contribution in [2.75, 3.05) is 13.2 Å². The monoisotopic (exact) mass is 403 g/mol. The fraction of sp³-hybridized carbons (Fsp3) is 0.364. The molecular weight excluding hydrogens is 393 g/mol. The van der Waals surface area contributed by atoms with Crippen molar-refractivity contribution in [1.82, 2.24) is 4.72 Å². The van der Waals surface area contributed by atoms with Crippen molar-refractivity contribution in [1.29, 1.82) is 0 Å². The number of sulfonamides is 1. The molecule has 0 spiro atoms. The largest absolute Gasteiger partial charge is 0.465 e. The Hall–Kier alpha value is -0.340. The summed E-state index contributed by atoms with van der Waals surface area (Å²) in [4.78, 5) is 11.0. The van der Waals surface area contributed by atoms with Crippen LogP contribution in [0, 0.1) is 0 Å². The molecule has 0 unspecified atom stereocenters. The number of nitrogens with one attached hydrogen (secondary N) is 1. The number of ether oxygens (including phenoxy) is 1. The van der Waals surface area contributed by atoms with Gasteiger partial charge in [-0.3, -0.25) is 4.79 Å². The van der Waals surface area contributed by atoms with Gasteiger partial charge in [0.05, 0.1) is 16.7 Å².